The third-order valence-electron chi connectivity index (χ3n) is 5.19. The Balaban J connectivity index is 1.27. The summed E-state index contributed by atoms with van der Waals surface area (Å²) in [5.41, 5.74) is 3.12. The Morgan fingerprint density at radius 2 is 1.80 bits per heavy atom. The molecule has 1 saturated heterocycles. The zero-order chi connectivity index (χ0) is 20.9. The van der Waals surface area contributed by atoms with Crippen LogP contribution in [0.1, 0.15) is 27.5 Å². The van der Waals surface area contributed by atoms with Crippen LogP contribution in [0.3, 0.4) is 0 Å². The number of benzene rings is 1. The molecule has 0 atom stereocenters. The fourth-order valence-corrected chi connectivity index (χ4v) is 3.58. The van der Waals surface area contributed by atoms with E-state index in [1.165, 1.54) is 11.8 Å². The van der Waals surface area contributed by atoms with Gasteiger partial charge in [-0.2, -0.15) is 0 Å². The number of carbonyl (C=O) groups is 1. The lowest BCUT2D eigenvalue weighted by atomic mass is 10.2. The van der Waals surface area contributed by atoms with E-state index in [0.29, 0.717) is 23.1 Å². The standard InChI is InChI=1S/C22H24ClN5O2/c1-16-2-3-18(12-19(16)23)25-22(29)20-15-30-21(26-20)14-28-10-8-27(9-11-28)13-17-4-6-24-7-5-17/h2-7,12,15H,8-11,13-14H2,1H3,(H,25,29). The van der Waals surface area contributed by atoms with Crippen molar-refractivity contribution in [2.75, 3.05) is 31.5 Å². The van der Waals surface area contributed by atoms with Gasteiger partial charge in [0.2, 0.25) is 5.89 Å². The largest absolute Gasteiger partial charge is 0.447 e. The fraction of sp³-hybridized carbons (Fsp3) is 0.318. The van der Waals surface area contributed by atoms with E-state index in [1.54, 1.807) is 6.07 Å². The van der Waals surface area contributed by atoms with Crippen LogP contribution >= 0.6 is 11.6 Å². The van der Waals surface area contributed by atoms with Gasteiger partial charge >= 0.3 is 0 Å². The predicted octanol–water partition coefficient (Wildman–Crippen LogP) is 3.60. The number of aryl methyl sites for hydroxylation is 1. The van der Waals surface area contributed by atoms with E-state index < -0.39 is 0 Å². The second kappa shape index (κ2) is 9.38. The quantitative estimate of drug-likeness (QED) is 0.650. The van der Waals surface area contributed by atoms with E-state index in [-0.39, 0.29) is 11.6 Å². The van der Waals surface area contributed by atoms with Gasteiger partial charge in [-0.15, -0.1) is 0 Å². The van der Waals surface area contributed by atoms with Crippen molar-refractivity contribution in [3.8, 4) is 0 Å². The normalized spacial score (nSPS) is 15.3. The third kappa shape index (κ3) is 5.24. The highest BCUT2D eigenvalue weighted by atomic mass is 35.5. The summed E-state index contributed by atoms with van der Waals surface area (Å²) in [6.07, 6.45) is 5.06. The van der Waals surface area contributed by atoms with E-state index in [2.05, 4.69) is 37.2 Å². The Hall–Kier alpha value is -2.74. The molecule has 0 bridgehead atoms. The Bertz CT molecular complexity index is 1000. The van der Waals surface area contributed by atoms with Gasteiger partial charge in [0.1, 0.15) is 6.26 Å². The van der Waals surface area contributed by atoms with Crippen molar-refractivity contribution < 1.29 is 9.21 Å². The first kappa shape index (κ1) is 20.5. The molecule has 7 nitrogen and oxygen atoms in total. The maximum atomic E-state index is 12.4. The number of amides is 1. The van der Waals surface area contributed by atoms with Crippen molar-refractivity contribution in [2.45, 2.75) is 20.0 Å². The smallest absolute Gasteiger partial charge is 0.277 e. The lowest BCUT2D eigenvalue weighted by Gasteiger charge is -2.33. The van der Waals surface area contributed by atoms with Gasteiger partial charge in [-0.1, -0.05) is 17.7 Å². The minimum atomic E-state index is -0.313. The van der Waals surface area contributed by atoms with Gasteiger partial charge in [0.15, 0.2) is 5.69 Å². The van der Waals surface area contributed by atoms with Crippen LogP contribution in [0.5, 0.6) is 0 Å². The molecule has 0 radical (unpaired) electrons. The zero-order valence-electron chi connectivity index (χ0n) is 16.8. The summed E-state index contributed by atoms with van der Waals surface area (Å²) in [6.45, 7) is 7.25. The van der Waals surface area contributed by atoms with Crippen LogP contribution < -0.4 is 5.32 Å². The molecule has 4 rings (SSSR count). The molecule has 1 N–H and O–H groups in total. The third-order valence-corrected chi connectivity index (χ3v) is 5.60. The predicted molar refractivity (Wildman–Crippen MR) is 115 cm³/mol. The second-order valence-corrected chi connectivity index (χ2v) is 7.86. The molecule has 8 heteroatoms. The highest BCUT2D eigenvalue weighted by Gasteiger charge is 2.20. The number of aromatic nitrogens is 2. The van der Waals surface area contributed by atoms with Crippen molar-refractivity contribution in [1.82, 2.24) is 19.8 Å². The highest BCUT2D eigenvalue weighted by molar-refractivity contribution is 6.31. The van der Waals surface area contributed by atoms with Crippen LogP contribution in [0.2, 0.25) is 5.02 Å². The lowest BCUT2D eigenvalue weighted by Crippen LogP contribution is -2.45. The number of piperazine rings is 1. The monoisotopic (exact) mass is 425 g/mol. The molecule has 0 aliphatic carbocycles. The van der Waals surface area contributed by atoms with Crippen molar-refractivity contribution in [1.29, 1.82) is 0 Å². The van der Waals surface area contributed by atoms with Crippen LogP contribution in [0.4, 0.5) is 5.69 Å². The maximum Gasteiger partial charge on any atom is 0.277 e. The van der Waals surface area contributed by atoms with Crippen LogP contribution in [0.15, 0.2) is 53.4 Å². The molecule has 30 heavy (non-hydrogen) atoms. The maximum absolute atomic E-state index is 12.4. The minimum Gasteiger partial charge on any atom is -0.447 e. The number of hydrogen-bond donors (Lipinski definition) is 1. The molecule has 1 aromatic carbocycles. The van der Waals surface area contributed by atoms with Gasteiger partial charge in [0.25, 0.3) is 5.91 Å². The summed E-state index contributed by atoms with van der Waals surface area (Å²) in [4.78, 5) is 25.6. The van der Waals surface area contributed by atoms with Crippen molar-refractivity contribution in [2.24, 2.45) is 0 Å². The van der Waals surface area contributed by atoms with Crippen molar-refractivity contribution in [3.63, 3.8) is 0 Å². The number of hydrogen-bond acceptors (Lipinski definition) is 6. The summed E-state index contributed by atoms with van der Waals surface area (Å²) >= 11 is 6.11. The van der Waals surface area contributed by atoms with E-state index in [1.807, 2.05) is 31.5 Å². The van der Waals surface area contributed by atoms with Gasteiger partial charge in [0, 0.05) is 55.8 Å². The van der Waals surface area contributed by atoms with Gasteiger partial charge in [0.05, 0.1) is 6.54 Å². The summed E-state index contributed by atoms with van der Waals surface area (Å²) in [5.74, 6) is 0.233. The summed E-state index contributed by atoms with van der Waals surface area (Å²) in [5, 5.41) is 3.41. The highest BCUT2D eigenvalue weighted by Crippen LogP contribution is 2.20. The molecule has 3 aromatic rings. The van der Waals surface area contributed by atoms with Gasteiger partial charge in [-0.3, -0.25) is 19.6 Å². The SMILES string of the molecule is Cc1ccc(NC(=O)c2coc(CN3CCN(Cc4ccncc4)CC3)n2)cc1Cl. The molecule has 156 valence electrons. The van der Waals surface area contributed by atoms with Gasteiger partial charge in [-0.05, 0) is 42.3 Å². The number of carbonyl (C=O) groups excluding carboxylic acids is 1. The second-order valence-electron chi connectivity index (χ2n) is 7.45. The van der Waals surface area contributed by atoms with E-state index in [4.69, 9.17) is 16.0 Å². The van der Waals surface area contributed by atoms with Crippen LogP contribution in [0.25, 0.3) is 0 Å². The average Bonchev–Trinajstić information content (AvgIpc) is 3.22. The first-order valence-electron chi connectivity index (χ1n) is 9.92. The Labute approximate surface area is 180 Å². The van der Waals surface area contributed by atoms with E-state index in [9.17, 15) is 4.79 Å². The van der Waals surface area contributed by atoms with Gasteiger partial charge in [-0.25, -0.2) is 4.98 Å². The minimum absolute atomic E-state index is 0.262. The molecule has 1 amide bonds. The molecular formula is C22H24ClN5O2. The van der Waals surface area contributed by atoms with Crippen LogP contribution in [0, 0.1) is 6.92 Å². The molecule has 2 aromatic heterocycles. The topological polar surface area (TPSA) is 74.5 Å². The van der Waals surface area contributed by atoms with Gasteiger partial charge < -0.3 is 9.73 Å². The molecule has 1 aliphatic heterocycles. The van der Waals surface area contributed by atoms with E-state index >= 15 is 0 Å². The molecule has 1 aliphatic rings. The summed E-state index contributed by atoms with van der Waals surface area (Å²) in [7, 11) is 0. The first-order chi connectivity index (χ1) is 14.6. The Morgan fingerprint density at radius 3 is 2.50 bits per heavy atom. The molecule has 0 saturated carbocycles. The first-order valence-corrected chi connectivity index (χ1v) is 10.3. The zero-order valence-corrected chi connectivity index (χ0v) is 17.6. The molecule has 3 heterocycles. The fourth-order valence-electron chi connectivity index (χ4n) is 3.40. The molecular weight excluding hydrogens is 402 g/mol. The Morgan fingerprint density at radius 1 is 1.10 bits per heavy atom. The number of anilines is 1. The Kier molecular flexibility index (Phi) is 6.42. The van der Waals surface area contributed by atoms with Crippen LogP contribution in [-0.2, 0) is 13.1 Å². The summed E-state index contributed by atoms with van der Waals surface area (Å²) < 4.78 is 5.53. The van der Waals surface area contributed by atoms with E-state index in [0.717, 1.165) is 38.3 Å². The molecule has 1 fully saturated rings. The average molecular weight is 426 g/mol. The van der Waals surface area contributed by atoms with Crippen molar-refractivity contribution in [3.05, 3.63) is 76.7 Å². The number of oxazole rings is 1. The number of rotatable bonds is 6. The number of halogens is 1. The lowest BCUT2D eigenvalue weighted by molar-refractivity contribution is 0.102. The summed E-state index contributed by atoms with van der Waals surface area (Å²) in [6, 6.07) is 9.50. The number of pyridine rings is 1. The molecule has 0 spiro atoms. The van der Waals surface area contributed by atoms with Crippen molar-refractivity contribution >= 4 is 23.2 Å². The number of nitrogens with zero attached hydrogens (tertiary/aromatic N) is 4. The van der Waals surface area contributed by atoms with Crippen LogP contribution in [-0.4, -0.2) is 51.9 Å². The number of nitrogens with one attached hydrogen (secondary N) is 1. The molecule has 0 unspecified atom stereocenters.